The van der Waals surface area contributed by atoms with E-state index in [1.807, 2.05) is 31.2 Å². The summed E-state index contributed by atoms with van der Waals surface area (Å²) in [7, 11) is 0. The van der Waals surface area contributed by atoms with E-state index in [0.29, 0.717) is 23.8 Å². The maximum absolute atomic E-state index is 12.1. The highest BCUT2D eigenvalue weighted by molar-refractivity contribution is 5.94. The standard InChI is InChI=1S/C18H21NO4/c1-13-3-2-4-15(9-13)22-12-16-10-17(19-23-16)18(20)6-5-14-7-8-21-11-14/h2-4,9-10,14H,5-8,11-12H2,1H3. The first-order valence-corrected chi connectivity index (χ1v) is 7.97. The maximum atomic E-state index is 12.1. The summed E-state index contributed by atoms with van der Waals surface area (Å²) in [5.41, 5.74) is 1.51. The van der Waals surface area contributed by atoms with Crippen molar-refractivity contribution >= 4 is 5.78 Å². The van der Waals surface area contributed by atoms with Crippen LogP contribution in [0.25, 0.3) is 0 Å². The predicted octanol–water partition coefficient (Wildman–Crippen LogP) is 3.56. The van der Waals surface area contributed by atoms with Gasteiger partial charge in [0.25, 0.3) is 0 Å². The molecule has 0 radical (unpaired) electrons. The molecule has 0 N–H and O–H groups in total. The fourth-order valence-corrected chi connectivity index (χ4v) is 2.65. The zero-order valence-corrected chi connectivity index (χ0v) is 13.3. The van der Waals surface area contributed by atoms with Gasteiger partial charge in [-0.3, -0.25) is 4.79 Å². The molecule has 5 nitrogen and oxygen atoms in total. The summed E-state index contributed by atoms with van der Waals surface area (Å²) in [4.78, 5) is 12.1. The monoisotopic (exact) mass is 315 g/mol. The average Bonchev–Trinajstić information content (AvgIpc) is 3.22. The van der Waals surface area contributed by atoms with E-state index in [1.165, 1.54) is 0 Å². The van der Waals surface area contributed by atoms with Crippen LogP contribution >= 0.6 is 0 Å². The zero-order chi connectivity index (χ0) is 16.1. The van der Waals surface area contributed by atoms with Gasteiger partial charge in [-0.1, -0.05) is 17.3 Å². The van der Waals surface area contributed by atoms with Gasteiger partial charge in [0.2, 0.25) is 0 Å². The van der Waals surface area contributed by atoms with E-state index in [0.717, 1.165) is 37.4 Å². The topological polar surface area (TPSA) is 61.6 Å². The van der Waals surface area contributed by atoms with Gasteiger partial charge in [0.15, 0.2) is 11.5 Å². The highest BCUT2D eigenvalue weighted by Gasteiger charge is 2.19. The number of carbonyl (C=O) groups is 1. The third-order valence-electron chi connectivity index (χ3n) is 4.02. The highest BCUT2D eigenvalue weighted by Crippen LogP contribution is 2.20. The maximum Gasteiger partial charge on any atom is 0.184 e. The van der Waals surface area contributed by atoms with Crippen molar-refractivity contribution in [2.75, 3.05) is 13.2 Å². The smallest absolute Gasteiger partial charge is 0.184 e. The van der Waals surface area contributed by atoms with Crippen LogP contribution in [0.15, 0.2) is 34.9 Å². The summed E-state index contributed by atoms with van der Waals surface area (Å²) in [5.74, 6) is 1.84. The summed E-state index contributed by atoms with van der Waals surface area (Å²) in [6.45, 7) is 3.85. The molecular formula is C18H21NO4. The molecule has 0 spiro atoms. The van der Waals surface area contributed by atoms with Gasteiger partial charge in [-0.2, -0.15) is 0 Å². The van der Waals surface area contributed by atoms with Crippen molar-refractivity contribution in [3.8, 4) is 5.75 Å². The molecule has 1 aromatic heterocycles. The molecule has 1 unspecified atom stereocenters. The van der Waals surface area contributed by atoms with Crippen LogP contribution in [0.4, 0.5) is 0 Å². The zero-order valence-electron chi connectivity index (χ0n) is 13.3. The molecule has 1 atom stereocenters. The summed E-state index contributed by atoms with van der Waals surface area (Å²) in [6.07, 6.45) is 2.38. The molecule has 2 heterocycles. The Bertz CT molecular complexity index is 659. The number of ether oxygens (including phenoxy) is 2. The quantitative estimate of drug-likeness (QED) is 0.731. The lowest BCUT2D eigenvalue weighted by Crippen LogP contribution is -2.05. The van der Waals surface area contributed by atoms with Crippen LogP contribution in [0.1, 0.15) is 41.1 Å². The van der Waals surface area contributed by atoms with Crippen molar-refractivity contribution in [3.63, 3.8) is 0 Å². The molecular weight excluding hydrogens is 294 g/mol. The van der Waals surface area contributed by atoms with Gasteiger partial charge in [-0.05, 0) is 43.4 Å². The SMILES string of the molecule is Cc1cccc(OCc2cc(C(=O)CCC3CCOC3)no2)c1. The first-order chi connectivity index (χ1) is 11.2. The van der Waals surface area contributed by atoms with E-state index in [1.54, 1.807) is 6.07 Å². The fraction of sp³-hybridized carbons (Fsp3) is 0.444. The molecule has 2 aromatic rings. The van der Waals surface area contributed by atoms with E-state index >= 15 is 0 Å². The summed E-state index contributed by atoms with van der Waals surface area (Å²) >= 11 is 0. The number of Topliss-reactive ketones (excluding diaryl/α,β-unsaturated/α-hetero) is 1. The van der Waals surface area contributed by atoms with Crippen LogP contribution in [0.3, 0.4) is 0 Å². The Labute approximate surface area is 135 Å². The highest BCUT2D eigenvalue weighted by atomic mass is 16.5. The molecule has 1 aliphatic rings. The van der Waals surface area contributed by atoms with E-state index in [2.05, 4.69) is 5.16 Å². The van der Waals surface area contributed by atoms with Crippen LogP contribution in [0, 0.1) is 12.8 Å². The minimum absolute atomic E-state index is 0.0162. The number of hydrogen-bond donors (Lipinski definition) is 0. The summed E-state index contributed by atoms with van der Waals surface area (Å²) in [6, 6.07) is 9.45. The largest absolute Gasteiger partial charge is 0.486 e. The molecule has 5 heteroatoms. The molecule has 0 bridgehead atoms. The second-order valence-corrected chi connectivity index (χ2v) is 5.98. The van der Waals surface area contributed by atoms with E-state index in [4.69, 9.17) is 14.0 Å². The van der Waals surface area contributed by atoms with E-state index in [9.17, 15) is 4.79 Å². The molecule has 23 heavy (non-hydrogen) atoms. The minimum atomic E-state index is 0.0162. The Morgan fingerprint density at radius 3 is 3.09 bits per heavy atom. The van der Waals surface area contributed by atoms with Gasteiger partial charge in [-0.25, -0.2) is 0 Å². The lowest BCUT2D eigenvalue weighted by atomic mass is 10.00. The van der Waals surface area contributed by atoms with Crippen molar-refractivity contribution in [3.05, 3.63) is 47.3 Å². The Morgan fingerprint density at radius 2 is 2.30 bits per heavy atom. The van der Waals surface area contributed by atoms with Gasteiger partial charge >= 0.3 is 0 Å². The van der Waals surface area contributed by atoms with Crippen molar-refractivity contribution in [1.29, 1.82) is 0 Å². The van der Waals surface area contributed by atoms with E-state index in [-0.39, 0.29) is 12.4 Å². The number of carbonyl (C=O) groups excluding carboxylic acids is 1. The molecule has 0 aliphatic carbocycles. The minimum Gasteiger partial charge on any atom is -0.486 e. The Kier molecular flexibility index (Phi) is 5.08. The van der Waals surface area contributed by atoms with Crippen LogP contribution in [-0.2, 0) is 11.3 Å². The molecule has 1 aromatic carbocycles. The number of ketones is 1. The number of rotatable bonds is 7. The summed E-state index contributed by atoms with van der Waals surface area (Å²) < 4.78 is 16.2. The molecule has 0 saturated carbocycles. The Morgan fingerprint density at radius 1 is 1.39 bits per heavy atom. The van der Waals surface area contributed by atoms with Gasteiger partial charge in [0.1, 0.15) is 18.1 Å². The second kappa shape index (κ2) is 7.42. The summed E-state index contributed by atoms with van der Waals surface area (Å²) in [5, 5.41) is 3.86. The Hall–Kier alpha value is -2.14. The van der Waals surface area contributed by atoms with Crippen molar-refractivity contribution < 1.29 is 18.8 Å². The average molecular weight is 315 g/mol. The number of aryl methyl sites for hydroxylation is 1. The first kappa shape index (κ1) is 15.7. The molecule has 1 fully saturated rings. The van der Waals surface area contributed by atoms with E-state index < -0.39 is 0 Å². The van der Waals surface area contributed by atoms with Gasteiger partial charge in [-0.15, -0.1) is 0 Å². The van der Waals surface area contributed by atoms with Gasteiger partial charge in [0, 0.05) is 25.7 Å². The lowest BCUT2D eigenvalue weighted by Gasteiger charge is -2.04. The van der Waals surface area contributed by atoms with Crippen molar-refractivity contribution in [2.45, 2.75) is 32.8 Å². The third-order valence-corrected chi connectivity index (χ3v) is 4.02. The van der Waals surface area contributed by atoms with Gasteiger partial charge in [0.05, 0.1) is 0 Å². The number of aromatic nitrogens is 1. The third kappa shape index (κ3) is 4.42. The van der Waals surface area contributed by atoms with Crippen LogP contribution in [0.5, 0.6) is 5.75 Å². The molecule has 3 rings (SSSR count). The van der Waals surface area contributed by atoms with Crippen LogP contribution in [-0.4, -0.2) is 24.2 Å². The normalized spacial score (nSPS) is 17.3. The van der Waals surface area contributed by atoms with Gasteiger partial charge < -0.3 is 14.0 Å². The molecule has 122 valence electrons. The second-order valence-electron chi connectivity index (χ2n) is 5.98. The first-order valence-electron chi connectivity index (χ1n) is 7.97. The number of benzene rings is 1. The molecule has 1 aliphatic heterocycles. The molecule has 0 amide bonds. The van der Waals surface area contributed by atoms with Crippen LogP contribution in [0.2, 0.25) is 0 Å². The predicted molar refractivity (Wildman–Crippen MR) is 84.5 cm³/mol. The lowest BCUT2D eigenvalue weighted by molar-refractivity contribution is 0.0962. The van der Waals surface area contributed by atoms with Crippen LogP contribution < -0.4 is 4.74 Å². The van der Waals surface area contributed by atoms with Crippen molar-refractivity contribution in [2.24, 2.45) is 5.92 Å². The fourth-order valence-electron chi connectivity index (χ4n) is 2.65. The van der Waals surface area contributed by atoms with Crippen molar-refractivity contribution in [1.82, 2.24) is 5.16 Å². The number of hydrogen-bond acceptors (Lipinski definition) is 5. The molecule has 1 saturated heterocycles. The number of nitrogens with zero attached hydrogens (tertiary/aromatic N) is 1. The Balaban J connectivity index is 1.49.